The third-order valence-corrected chi connectivity index (χ3v) is 5.96. The Morgan fingerprint density at radius 1 is 1.11 bits per heavy atom. The molecule has 0 N–H and O–H groups in total. The summed E-state index contributed by atoms with van der Waals surface area (Å²) in [4.78, 5) is 1.43. The molecule has 1 aromatic carbocycles. The minimum absolute atomic E-state index is 0.169. The average molecular weight is 390 g/mol. The number of hydrogen-bond acceptors (Lipinski definition) is 3. The standard InChI is InChI=1S/C13H10Br2O2S/c14-9-3-6-18-13(9)12(15)8-1-2-10-11(7-8)17-5-4-16-10/h1-3,6-7,12H,4-5H2. The Bertz CT molecular complexity index is 568. The Kier molecular flexibility index (Phi) is 3.63. The first-order chi connectivity index (χ1) is 8.75. The number of ether oxygens (including phenoxy) is 2. The zero-order valence-corrected chi connectivity index (χ0v) is 13.3. The second kappa shape index (κ2) is 5.23. The Morgan fingerprint density at radius 2 is 1.89 bits per heavy atom. The molecule has 2 aromatic rings. The predicted octanol–water partition coefficient (Wildman–Crippen LogP) is 4.77. The lowest BCUT2D eigenvalue weighted by Crippen LogP contribution is -2.15. The molecule has 0 aliphatic carbocycles. The van der Waals surface area contributed by atoms with Crippen LogP contribution in [0.5, 0.6) is 11.5 Å². The molecule has 1 aromatic heterocycles. The Hall–Kier alpha value is -0.520. The predicted molar refractivity (Wildman–Crippen MR) is 80.2 cm³/mol. The van der Waals surface area contributed by atoms with E-state index in [1.165, 1.54) is 10.4 Å². The molecule has 0 fully saturated rings. The van der Waals surface area contributed by atoms with Gasteiger partial charge in [0.15, 0.2) is 11.5 Å². The normalized spacial score (nSPS) is 15.4. The van der Waals surface area contributed by atoms with E-state index in [2.05, 4.69) is 49.4 Å². The van der Waals surface area contributed by atoms with Gasteiger partial charge in [-0.15, -0.1) is 11.3 Å². The van der Waals surface area contributed by atoms with Crippen LogP contribution in [-0.4, -0.2) is 13.2 Å². The molecular weight excluding hydrogens is 380 g/mol. The second-order valence-corrected chi connectivity index (χ2v) is 6.62. The molecule has 94 valence electrons. The highest BCUT2D eigenvalue weighted by Crippen LogP contribution is 2.41. The maximum atomic E-state index is 5.61. The molecule has 18 heavy (non-hydrogen) atoms. The number of alkyl halides is 1. The summed E-state index contributed by atoms with van der Waals surface area (Å²) in [6.45, 7) is 1.24. The fourth-order valence-corrected chi connectivity index (χ4v) is 4.62. The van der Waals surface area contributed by atoms with E-state index in [4.69, 9.17) is 9.47 Å². The van der Waals surface area contributed by atoms with Crippen LogP contribution in [0.3, 0.4) is 0 Å². The van der Waals surface area contributed by atoms with Crippen LogP contribution in [0.1, 0.15) is 15.3 Å². The maximum absolute atomic E-state index is 5.61. The van der Waals surface area contributed by atoms with Crippen molar-refractivity contribution < 1.29 is 9.47 Å². The number of thiophene rings is 1. The van der Waals surface area contributed by atoms with E-state index in [0.29, 0.717) is 13.2 Å². The molecule has 3 rings (SSSR count). The van der Waals surface area contributed by atoms with Gasteiger partial charge in [-0.05, 0) is 45.1 Å². The van der Waals surface area contributed by atoms with Crippen LogP contribution in [0, 0.1) is 0 Å². The van der Waals surface area contributed by atoms with Gasteiger partial charge in [-0.3, -0.25) is 0 Å². The summed E-state index contributed by atoms with van der Waals surface area (Å²) in [6.07, 6.45) is 0. The third kappa shape index (κ3) is 2.31. The SMILES string of the molecule is Brc1ccsc1C(Br)c1ccc2c(c1)OCCO2. The summed E-state index contributed by atoms with van der Waals surface area (Å²) >= 11 is 9.02. The van der Waals surface area contributed by atoms with Gasteiger partial charge in [0.1, 0.15) is 13.2 Å². The van der Waals surface area contributed by atoms with Crippen molar-refractivity contribution in [3.8, 4) is 11.5 Å². The van der Waals surface area contributed by atoms with E-state index >= 15 is 0 Å². The van der Waals surface area contributed by atoms with E-state index in [9.17, 15) is 0 Å². The lowest BCUT2D eigenvalue weighted by atomic mass is 10.1. The summed E-state index contributed by atoms with van der Waals surface area (Å²) in [5.41, 5.74) is 1.17. The van der Waals surface area contributed by atoms with Crippen molar-refractivity contribution in [3.63, 3.8) is 0 Å². The fourth-order valence-electron chi connectivity index (χ4n) is 1.86. The highest BCUT2D eigenvalue weighted by molar-refractivity contribution is 9.11. The molecular formula is C13H10Br2O2S. The topological polar surface area (TPSA) is 18.5 Å². The van der Waals surface area contributed by atoms with Gasteiger partial charge in [0, 0.05) is 9.35 Å². The smallest absolute Gasteiger partial charge is 0.161 e. The molecule has 0 radical (unpaired) electrons. The van der Waals surface area contributed by atoms with Crippen LogP contribution in [0.2, 0.25) is 0 Å². The number of benzene rings is 1. The molecule has 1 atom stereocenters. The lowest BCUT2D eigenvalue weighted by Gasteiger charge is -2.20. The molecule has 2 heterocycles. The minimum Gasteiger partial charge on any atom is -0.486 e. The molecule has 1 aliphatic rings. The van der Waals surface area contributed by atoms with Crippen molar-refractivity contribution in [2.24, 2.45) is 0 Å². The summed E-state index contributed by atoms with van der Waals surface area (Å²) in [6, 6.07) is 8.14. The monoisotopic (exact) mass is 388 g/mol. The molecule has 1 aliphatic heterocycles. The Balaban J connectivity index is 1.95. The summed E-state index contributed by atoms with van der Waals surface area (Å²) in [7, 11) is 0. The van der Waals surface area contributed by atoms with Gasteiger partial charge in [0.2, 0.25) is 0 Å². The van der Waals surface area contributed by atoms with Gasteiger partial charge in [-0.1, -0.05) is 22.0 Å². The maximum Gasteiger partial charge on any atom is 0.161 e. The summed E-state index contributed by atoms with van der Waals surface area (Å²) < 4.78 is 12.3. The van der Waals surface area contributed by atoms with Crippen molar-refractivity contribution in [2.75, 3.05) is 13.2 Å². The van der Waals surface area contributed by atoms with Gasteiger partial charge in [0.25, 0.3) is 0 Å². The second-order valence-electron chi connectivity index (χ2n) is 3.90. The first kappa shape index (κ1) is 12.5. The lowest BCUT2D eigenvalue weighted by molar-refractivity contribution is 0.171. The third-order valence-electron chi connectivity index (χ3n) is 2.73. The quantitative estimate of drug-likeness (QED) is 0.689. The van der Waals surface area contributed by atoms with Crippen LogP contribution in [0.4, 0.5) is 0 Å². The number of hydrogen-bond donors (Lipinski definition) is 0. The number of fused-ring (bicyclic) bond motifs is 1. The zero-order chi connectivity index (χ0) is 12.5. The van der Waals surface area contributed by atoms with E-state index < -0.39 is 0 Å². The van der Waals surface area contributed by atoms with Crippen LogP contribution < -0.4 is 9.47 Å². The molecule has 0 saturated heterocycles. The van der Waals surface area contributed by atoms with E-state index in [-0.39, 0.29) is 4.83 Å². The Labute approximate surface area is 126 Å². The Morgan fingerprint density at radius 3 is 2.61 bits per heavy atom. The van der Waals surface area contributed by atoms with Gasteiger partial charge < -0.3 is 9.47 Å². The van der Waals surface area contributed by atoms with Crippen LogP contribution in [-0.2, 0) is 0 Å². The highest BCUT2D eigenvalue weighted by atomic mass is 79.9. The molecule has 0 spiro atoms. The molecule has 5 heteroatoms. The van der Waals surface area contributed by atoms with Crippen LogP contribution in [0.25, 0.3) is 0 Å². The largest absolute Gasteiger partial charge is 0.486 e. The first-order valence-electron chi connectivity index (χ1n) is 5.52. The van der Waals surface area contributed by atoms with Crippen molar-refractivity contribution in [1.29, 1.82) is 0 Å². The van der Waals surface area contributed by atoms with Gasteiger partial charge in [0.05, 0.1) is 4.83 Å². The molecule has 1 unspecified atom stereocenters. The molecule has 0 amide bonds. The van der Waals surface area contributed by atoms with Crippen LogP contribution in [0.15, 0.2) is 34.1 Å². The van der Waals surface area contributed by atoms with E-state index in [1.54, 1.807) is 11.3 Å². The van der Waals surface area contributed by atoms with E-state index in [1.807, 2.05) is 12.1 Å². The highest BCUT2D eigenvalue weighted by Gasteiger charge is 2.18. The first-order valence-corrected chi connectivity index (χ1v) is 8.11. The minimum atomic E-state index is 0.169. The van der Waals surface area contributed by atoms with Crippen molar-refractivity contribution in [2.45, 2.75) is 4.83 Å². The van der Waals surface area contributed by atoms with Crippen LogP contribution >= 0.6 is 43.2 Å². The van der Waals surface area contributed by atoms with Crippen molar-refractivity contribution in [1.82, 2.24) is 0 Å². The average Bonchev–Trinajstić information content (AvgIpc) is 2.83. The van der Waals surface area contributed by atoms with Crippen molar-refractivity contribution in [3.05, 3.63) is 44.6 Å². The zero-order valence-electron chi connectivity index (χ0n) is 9.36. The molecule has 2 nitrogen and oxygen atoms in total. The molecule has 0 bridgehead atoms. The van der Waals surface area contributed by atoms with Crippen molar-refractivity contribution >= 4 is 43.2 Å². The summed E-state index contributed by atoms with van der Waals surface area (Å²) in [5.74, 6) is 1.66. The number of rotatable bonds is 2. The van der Waals surface area contributed by atoms with E-state index in [0.717, 1.165) is 16.0 Å². The summed E-state index contributed by atoms with van der Waals surface area (Å²) in [5, 5.41) is 2.08. The fraction of sp³-hybridized carbons (Fsp3) is 0.231. The molecule has 0 saturated carbocycles. The van der Waals surface area contributed by atoms with Gasteiger partial charge in [-0.2, -0.15) is 0 Å². The van der Waals surface area contributed by atoms with Gasteiger partial charge in [-0.25, -0.2) is 0 Å². The number of halogens is 2. The van der Waals surface area contributed by atoms with Gasteiger partial charge >= 0.3 is 0 Å².